The van der Waals surface area contributed by atoms with Gasteiger partial charge in [0.1, 0.15) is 19.1 Å². The molecule has 16 nitrogen and oxygen atoms in total. The number of aromatic nitrogens is 7. The summed E-state index contributed by atoms with van der Waals surface area (Å²) in [5.41, 5.74) is 1.92. The number of carbonyl (C=O) groups is 3. The van der Waals surface area contributed by atoms with Gasteiger partial charge in [0, 0.05) is 42.0 Å². The molecule has 4 heterocycles. The fourth-order valence-electron chi connectivity index (χ4n) is 5.04. The zero-order valence-electron chi connectivity index (χ0n) is 23.3. The highest BCUT2D eigenvalue weighted by molar-refractivity contribution is 6.31. The first-order valence-electron chi connectivity index (χ1n) is 13.3. The number of rotatable bonds is 8. The van der Waals surface area contributed by atoms with E-state index < -0.39 is 42.9 Å². The highest BCUT2D eigenvalue weighted by Crippen LogP contribution is 2.30. The van der Waals surface area contributed by atoms with Crippen LogP contribution in [0, 0.1) is 0 Å². The molecular formula is C27H24Cl2N10O6. The van der Waals surface area contributed by atoms with Gasteiger partial charge in [0.25, 0.3) is 0 Å². The van der Waals surface area contributed by atoms with Crippen LogP contribution in [0.1, 0.15) is 5.69 Å². The molecule has 232 valence electrons. The van der Waals surface area contributed by atoms with Gasteiger partial charge >= 0.3 is 6.10 Å². The standard InChI is InChI=1S/C27H24Cl2N10O6/c1-35-11-15-8-17(3-4-19(15)33-35)30-26(42)22(10-18-6-7-39(32-18)27(43,44)45)37-14-24(40)36(13-25(37)41)21-9-16(28)2-5-20(21)38-12-23(29)31-34-38/h2-9,11-12,22,43-45H,10,13-14H2,1H3,(H,30,42). The minimum Gasteiger partial charge on any atom is -0.324 e. The molecule has 0 aliphatic carbocycles. The summed E-state index contributed by atoms with van der Waals surface area (Å²) in [6, 6.07) is 9.85. The average Bonchev–Trinajstić information content (AvgIpc) is 3.72. The van der Waals surface area contributed by atoms with Crippen molar-refractivity contribution in [1.29, 1.82) is 0 Å². The van der Waals surface area contributed by atoms with E-state index in [0.29, 0.717) is 26.6 Å². The average molecular weight is 655 g/mol. The van der Waals surface area contributed by atoms with Crippen LogP contribution in [0.15, 0.2) is 61.1 Å². The third-order valence-electron chi connectivity index (χ3n) is 7.08. The van der Waals surface area contributed by atoms with Crippen LogP contribution < -0.4 is 10.2 Å². The van der Waals surface area contributed by atoms with Crippen molar-refractivity contribution in [3.63, 3.8) is 0 Å². The van der Waals surface area contributed by atoms with Gasteiger partial charge in [-0.15, -0.1) is 5.10 Å². The molecule has 0 bridgehead atoms. The lowest BCUT2D eigenvalue weighted by atomic mass is 10.1. The van der Waals surface area contributed by atoms with Gasteiger partial charge in [-0.2, -0.15) is 14.9 Å². The summed E-state index contributed by atoms with van der Waals surface area (Å²) in [5, 5.41) is 48.4. The van der Waals surface area contributed by atoms with Crippen molar-refractivity contribution in [2.45, 2.75) is 18.6 Å². The van der Waals surface area contributed by atoms with Gasteiger partial charge in [-0.05, 0) is 42.5 Å². The van der Waals surface area contributed by atoms with Crippen molar-refractivity contribution in [1.82, 2.24) is 39.5 Å². The molecule has 0 spiro atoms. The number of aryl methyl sites for hydroxylation is 1. The second-order valence-corrected chi connectivity index (χ2v) is 11.1. The second kappa shape index (κ2) is 11.6. The van der Waals surface area contributed by atoms with Crippen LogP contribution in [0.3, 0.4) is 0 Å². The second-order valence-electron chi connectivity index (χ2n) is 10.3. The van der Waals surface area contributed by atoms with Crippen molar-refractivity contribution in [2.24, 2.45) is 7.05 Å². The molecule has 3 aromatic heterocycles. The number of hydrogen-bond donors (Lipinski definition) is 4. The zero-order valence-corrected chi connectivity index (χ0v) is 24.8. The fourth-order valence-corrected chi connectivity index (χ4v) is 5.33. The van der Waals surface area contributed by atoms with Crippen molar-refractivity contribution in [2.75, 3.05) is 23.3 Å². The Kier molecular flexibility index (Phi) is 7.75. The molecule has 1 saturated heterocycles. The fraction of sp³-hybridized carbons (Fsp3) is 0.222. The van der Waals surface area contributed by atoms with E-state index in [9.17, 15) is 29.7 Å². The van der Waals surface area contributed by atoms with Gasteiger partial charge in [0.2, 0.25) is 17.7 Å². The van der Waals surface area contributed by atoms with E-state index in [-0.39, 0.29) is 23.0 Å². The normalized spacial score (nSPS) is 14.8. The molecule has 1 atom stereocenters. The Hall–Kier alpha value is -4.87. The number of halogens is 2. The van der Waals surface area contributed by atoms with E-state index in [0.717, 1.165) is 16.5 Å². The molecule has 0 radical (unpaired) electrons. The summed E-state index contributed by atoms with van der Waals surface area (Å²) < 4.78 is 3.44. The molecule has 18 heteroatoms. The highest BCUT2D eigenvalue weighted by atomic mass is 35.5. The first kappa shape index (κ1) is 30.2. The molecular weight excluding hydrogens is 631 g/mol. The number of carbonyl (C=O) groups excluding carboxylic acids is 3. The third-order valence-corrected chi connectivity index (χ3v) is 7.49. The number of benzene rings is 2. The molecule has 1 fully saturated rings. The molecule has 4 N–H and O–H groups in total. The molecule has 5 aromatic rings. The van der Waals surface area contributed by atoms with E-state index in [1.807, 2.05) is 0 Å². The quantitative estimate of drug-likeness (QED) is 0.172. The molecule has 3 amide bonds. The Morgan fingerprint density at radius 2 is 1.80 bits per heavy atom. The van der Waals surface area contributed by atoms with Gasteiger partial charge in [-0.3, -0.25) is 24.0 Å². The number of amides is 3. The summed E-state index contributed by atoms with van der Waals surface area (Å²) >= 11 is 12.2. The lowest BCUT2D eigenvalue weighted by molar-refractivity contribution is -0.381. The predicted octanol–water partition coefficient (Wildman–Crippen LogP) is 0.627. The number of nitrogens with zero attached hydrogens (tertiary/aromatic N) is 9. The van der Waals surface area contributed by atoms with Gasteiger partial charge in [-0.1, -0.05) is 28.4 Å². The Morgan fingerprint density at radius 3 is 2.51 bits per heavy atom. The third kappa shape index (κ3) is 6.22. The zero-order chi connectivity index (χ0) is 32.0. The number of hydrogen-bond acceptors (Lipinski definition) is 10. The molecule has 0 saturated carbocycles. The molecule has 45 heavy (non-hydrogen) atoms. The van der Waals surface area contributed by atoms with Crippen LogP contribution >= 0.6 is 23.2 Å². The predicted molar refractivity (Wildman–Crippen MR) is 159 cm³/mol. The molecule has 2 aromatic carbocycles. The number of piperazine rings is 1. The van der Waals surface area contributed by atoms with Crippen LogP contribution in [0.5, 0.6) is 0 Å². The van der Waals surface area contributed by atoms with Crippen LogP contribution in [-0.4, -0.2) is 91.6 Å². The first-order chi connectivity index (χ1) is 21.4. The van der Waals surface area contributed by atoms with Crippen molar-refractivity contribution < 1.29 is 29.7 Å². The topological polar surface area (TPSA) is 197 Å². The van der Waals surface area contributed by atoms with Gasteiger partial charge in [0.05, 0.1) is 28.8 Å². The monoisotopic (exact) mass is 654 g/mol. The van der Waals surface area contributed by atoms with Crippen LogP contribution in [0.4, 0.5) is 11.4 Å². The molecule has 1 aliphatic heterocycles. The van der Waals surface area contributed by atoms with Crippen molar-refractivity contribution in [3.05, 3.63) is 76.9 Å². The van der Waals surface area contributed by atoms with E-state index in [1.165, 1.54) is 27.9 Å². The summed E-state index contributed by atoms with van der Waals surface area (Å²) in [7, 11) is 1.77. The summed E-state index contributed by atoms with van der Waals surface area (Å²) in [5.74, 6) is -1.73. The Balaban J connectivity index is 1.30. The maximum atomic E-state index is 13.8. The lowest BCUT2D eigenvalue weighted by Crippen LogP contribution is -2.60. The molecule has 1 unspecified atom stereocenters. The number of nitrogens with one attached hydrogen (secondary N) is 1. The Morgan fingerprint density at radius 1 is 1.00 bits per heavy atom. The number of anilines is 2. The van der Waals surface area contributed by atoms with Gasteiger partial charge in [-0.25, -0.2) is 4.68 Å². The van der Waals surface area contributed by atoms with Crippen molar-refractivity contribution in [3.8, 4) is 5.69 Å². The lowest BCUT2D eigenvalue weighted by Gasteiger charge is -2.38. The minimum atomic E-state index is -3.28. The Bertz CT molecular complexity index is 1950. The minimum absolute atomic E-state index is 0.114. The van der Waals surface area contributed by atoms with E-state index in [1.54, 1.807) is 48.3 Å². The van der Waals surface area contributed by atoms with E-state index >= 15 is 0 Å². The first-order valence-corrected chi connectivity index (χ1v) is 14.1. The summed E-state index contributed by atoms with van der Waals surface area (Å²) in [6.07, 6.45) is 0.777. The van der Waals surface area contributed by atoms with E-state index in [4.69, 9.17) is 23.2 Å². The van der Waals surface area contributed by atoms with E-state index in [2.05, 4.69) is 25.8 Å². The maximum Gasteiger partial charge on any atom is 0.389 e. The van der Waals surface area contributed by atoms with Gasteiger partial charge in [0.15, 0.2) is 5.15 Å². The van der Waals surface area contributed by atoms with Crippen LogP contribution in [-0.2, 0) is 33.9 Å². The largest absolute Gasteiger partial charge is 0.389 e. The smallest absolute Gasteiger partial charge is 0.324 e. The van der Waals surface area contributed by atoms with Crippen molar-refractivity contribution >= 4 is 63.2 Å². The SMILES string of the molecule is Cn1cc2cc(NC(=O)C(Cc3ccn(C(O)(O)O)n3)N3CC(=O)N(c4cc(Cl)ccc4-n4cc(Cl)nn4)CC3=O)ccc2n1. The van der Waals surface area contributed by atoms with Crippen LogP contribution in [0.2, 0.25) is 10.2 Å². The maximum absolute atomic E-state index is 13.8. The Labute approximate surface area is 263 Å². The summed E-state index contributed by atoms with van der Waals surface area (Å²) in [6.45, 7) is -0.936. The summed E-state index contributed by atoms with van der Waals surface area (Å²) in [4.78, 5) is 43.4. The number of fused-ring (bicyclic) bond motifs is 1. The number of aliphatic hydroxyl groups is 3. The van der Waals surface area contributed by atoms with Crippen LogP contribution in [0.25, 0.3) is 16.6 Å². The van der Waals surface area contributed by atoms with Gasteiger partial charge < -0.3 is 25.5 Å². The highest BCUT2D eigenvalue weighted by Gasteiger charge is 2.39. The molecule has 1 aliphatic rings. The molecule has 6 rings (SSSR count).